The van der Waals surface area contributed by atoms with Crippen molar-refractivity contribution in [2.24, 2.45) is 5.73 Å². The highest BCUT2D eigenvalue weighted by atomic mass is 35.5. The molecule has 4 heteroatoms. The van der Waals surface area contributed by atoms with Gasteiger partial charge in [0.25, 0.3) is 0 Å². The maximum Gasteiger partial charge on any atom is 0.244 e. The molecular formula is C16H17ClN2O. The van der Waals surface area contributed by atoms with Gasteiger partial charge in [-0.05, 0) is 41.8 Å². The van der Waals surface area contributed by atoms with Crippen LogP contribution in [-0.2, 0) is 11.2 Å². The molecular weight excluding hydrogens is 272 g/mol. The Kier molecular flexibility index (Phi) is 4.64. The normalized spacial score (nSPS) is 11.9. The van der Waals surface area contributed by atoms with Gasteiger partial charge in [-0.3, -0.25) is 4.79 Å². The van der Waals surface area contributed by atoms with Crippen molar-refractivity contribution >= 4 is 23.2 Å². The molecule has 3 N–H and O–H groups in total. The van der Waals surface area contributed by atoms with E-state index in [1.54, 1.807) is 12.1 Å². The maximum atomic E-state index is 11.8. The van der Waals surface area contributed by atoms with Gasteiger partial charge < -0.3 is 11.1 Å². The van der Waals surface area contributed by atoms with Crippen molar-refractivity contribution in [3.63, 3.8) is 0 Å². The number of carbonyl (C=O) groups is 1. The Morgan fingerprint density at radius 1 is 1.20 bits per heavy atom. The zero-order valence-electron chi connectivity index (χ0n) is 11.3. The molecule has 0 aliphatic heterocycles. The number of nitrogens with one attached hydrogen (secondary N) is 1. The van der Waals surface area contributed by atoms with Crippen molar-refractivity contribution in [3.8, 4) is 0 Å². The van der Waals surface area contributed by atoms with Crippen molar-refractivity contribution in [1.82, 2.24) is 0 Å². The van der Waals surface area contributed by atoms with E-state index in [0.29, 0.717) is 5.02 Å². The summed E-state index contributed by atoms with van der Waals surface area (Å²) in [5, 5.41) is 3.82. The lowest BCUT2D eigenvalue weighted by atomic mass is 9.98. The number of rotatable bonds is 5. The zero-order valence-corrected chi connectivity index (χ0v) is 12.0. The van der Waals surface area contributed by atoms with E-state index >= 15 is 0 Å². The molecule has 0 bridgehead atoms. The van der Waals surface area contributed by atoms with E-state index in [2.05, 4.69) is 12.2 Å². The van der Waals surface area contributed by atoms with Crippen LogP contribution in [0.15, 0.2) is 48.5 Å². The predicted molar refractivity (Wildman–Crippen MR) is 82.8 cm³/mol. The molecule has 2 aromatic carbocycles. The molecule has 3 nitrogen and oxygen atoms in total. The first-order valence-corrected chi connectivity index (χ1v) is 6.89. The van der Waals surface area contributed by atoms with E-state index in [9.17, 15) is 4.79 Å². The van der Waals surface area contributed by atoms with E-state index in [1.807, 2.05) is 36.4 Å². The highest BCUT2D eigenvalue weighted by molar-refractivity contribution is 6.30. The summed E-state index contributed by atoms with van der Waals surface area (Å²) in [5.41, 5.74) is 8.38. The molecule has 0 heterocycles. The van der Waals surface area contributed by atoms with Gasteiger partial charge in [-0.1, -0.05) is 42.8 Å². The van der Waals surface area contributed by atoms with Crippen LogP contribution in [0.2, 0.25) is 5.02 Å². The lowest BCUT2D eigenvalue weighted by molar-refractivity contribution is -0.118. The van der Waals surface area contributed by atoms with Crippen molar-refractivity contribution in [3.05, 3.63) is 64.7 Å². The van der Waals surface area contributed by atoms with Gasteiger partial charge >= 0.3 is 0 Å². The van der Waals surface area contributed by atoms with Gasteiger partial charge in [0.1, 0.15) is 6.04 Å². The van der Waals surface area contributed by atoms with Crippen LogP contribution in [-0.4, -0.2) is 5.91 Å². The number of hydrogen-bond donors (Lipinski definition) is 2. The topological polar surface area (TPSA) is 55.1 Å². The average Bonchev–Trinajstić information content (AvgIpc) is 2.46. The molecule has 0 saturated carbocycles. The Labute approximate surface area is 123 Å². The first-order chi connectivity index (χ1) is 9.61. The number of aryl methyl sites for hydroxylation is 1. The number of anilines is 1. The SMILES string of the molecule is CCc1ccccc1C(Nc1ccc(Cl)cc1)C(N)=O. The van der Waals surface area contributed by atoms with E-state index in [0.717, 1.165) is 23.2 Å². The van der Waals surface area contributed by atoms with Crippen LogP contribution in [0.3, 0.4) is 0 Å². The minimum atomic E-state index is -0.549. The van der Waals surface area contributed by atoms with Gasteiger partial charge in [-0.15, -0.1) is 0 Å². The maximum absolute atomic E-state index is 11.8. The van der Waals surface area contributed by atoms with Crippen molar-refractivity contribution < 1.29 is 4.79 Å². The number of benzene rings is 2. The second-order valence-corrected chi connectivity index (χ2v) is 4.98. The second-order valence-electron chi connectivity index (χ2n) is 4.54. The number of hydrogen-bond acceptors (Lipinski definition) is 2. The average molecular weight is 289 g/mol. The van der Waals surface area contributed by atoms with Crippen LogP contribution in [0.1, 0.15) is 24.1 Å². The van der Waals surface area contributed by atoms with E-state index < -0.39 is 11.9 Å². The Bertz CT molecular complexity index is 596. The summed E-state index contributed by atoms with van der Waals surface area (Å²) in [6.45, 7) is 2.05. The summed E-state index contributed by atoms with van der Waals surface area (Å²) in [4.78, 5) is 11.8. The second kappa shape index (κ2) is 6.44. The summed E-state index contributed by atoms with van der Waals surface area (Å²) in [6.07, 6.45) is 0.849. The molecule has 0 spiro atoms. The number of primary amides is 1. The van der Waals surface area contributed by atoms with Crippen LogP contribution in [0, 0.1) is 0 Å². The fraction of sp³-hybridized carbons (Fsp3) is 0.188. The summed E-state index contributed by atoms with van der Waals surface area (Å²) >= 11 is 5.86. The number of amides is 1. The largest absolute Gasteiger partial charge is 0.370 e. The van der Waals surface area contributed by atoms with E-state index in [4.69, 9.17) is 17.3 Å². The standard InChI is InChI=1S/C16H17ClN2O/c1-2-11-5-3-4-6-14(11)15(16(18)20)19-13-9-7-12(17)8-10-13/h3-10,15,19H,2H2,1H3,(H2,18,20). The van der Waals surface area contributed by atoms with Gasteiger partial charge in [0.05, 0.1) is 0 Å². The number of halogens is 1. The molecule has 0 saturated heterocycles. The first kappa shape index (κ1) is 14.4. The molecule has 1 amide bonds. The first-order valence-electron chi connectivity index (χ1n) is 6.51. The van der Waals surface area contributed by atoms with Crippen molar-refractivity contribution in [2.45, 2.75) is 19.4 Å². The van der Waals surface area contributed by atoms with Gasteiger partial charge in [0.2, 0.25) is 5.91 Å². The molecule has 1 atom stereocenters. The van der Waals surface area contributed by atoms with Crippen LogP contribution >= 0.6 is 11.6 Å². The zero-order chi connectivity index (χ0) is 14.5. The summed E-state index contributed by atoms with van der Waals surface area (Å²) < 4.78 is 0. The predicted octanol–water partition coefficient (Wildman–Crippen LogP) is 3.54. The van der Waals surface area contributed by atoms with Crippen molar-refractivity contribution in [1.29, 1.82) is 0 Å². The molecule has 0 fully saturated rings. The van der Waals surface area contributed by atoms with Crippen LogP contribution in [0.25, 0.3) is 0 Å². The minimum absolute atomic E-state index is 0.402. The highest BCUT2D eigenvalue weighted by Crippen LogP contribution is 2.24. The molecule has 0 aromatic heterocycles. The quantitative estimate of drug-likeness (QED) is 0.884. The van der Waals surface area contributed by atoms with Gasteiger partial charge in [0, 0.05) is 10.7 Å². The molecule has 20 heavy (non-hydrogen) atoms. The Hall–Kier alpha value is -2.00. The van der Waals surface area contributed by atoms with E-state index in [-0.39, 0.29) is 0 Å². The molecule has 0 radical (unpaired) electrons. The van der Waals surface area contributed by atoms with Crippen LogP contribution in [0.5, 0.6) is 0 Å². The van der Waals surface area contributed by atoms with Crippen LogP contribution < -0.4 is 11.1 Å². The third-order valence-corrected chi connectivity index (χ3v) is 3.44. The Morgan fingerprint density at radius 3 is 2.45 bits per heavy atom. The molecule has 2 aromatic rings. The van der Waals surface area contributed by atoms with Crippen LogP contribution in [0.4, 0.5) is 5.69 Å². The molecule has 104 valence electrons. The number of carbonyl (C=O) groups excluding carboxylic acids is 1. The molecule has 2 rings (SSSR count). The number of nitrogens with two attached hydrogens (primary N) is 1. The summed E-state index contributed by atoms with van der Waals surface area (Å²) in [7, 11) is 0. The monoisotopic (exact) mass is 288 g/mol. The minimum Gasteiger partial charge on any atom is -0.370 e. The molecule has 0 aliphatic rings. The fourth-order valence-electron chi connectivity index (χ4n) is 2.15. The highest BCUT2D eigenvalue weighted by Gasteiger charge is 2.19. The lowest BCUT2D eigenvalue weighted by Gasteiger charge is -2.20. The third-order valence-electron chi connectivity index (χ3n) is 3.19. The Morgan fingerprint density at radius 2 is 1.85 bits per heavy atom. The smallest absolute Gasteiger partial charge is 0.244 e. The van der Waals surface area contributed by atoms with Gasteiger partial charge in [-0.2, -0.15) is 0 Å². The third kappa shape index (κ3) is 3.31. The molecule has 0 aliphatic carbocycles. The van der Waals surface area contributed by atoms with E-state index in [1.165, 1.54) is 0 Å². The van der Waals surface area contributed by atoms with Gasteiger partial charge in [0.15, 0.2) is 0 Å². The Balaban J connectivity index is 2.32. The van der Waals surface area contributed by atoms with Gasteiger partial charge in [-0.25, -0.2) is 0 Å². The fourth-order valence-corrected chi connectivity index (χ4v) is 2.28. The molecule has 1 unspecified atom stereocenters. The lowest BCUT2D eigenvalue weighted by Crippen LogP contribution is -2.28. The van der Waals surface area contributed by atoms with Crippen molar-refractivity contribution in [2.75, 3.05) is 5.32 Å². The summed E-state index contributed by atoms with van der Waals surface area (Å²) in [5.74, 6) is -0.402. The summed E-state index contributed by atoms with van der Waals surface area (Å²) in [6, 6.07) is 14.5.